The molecule has 2 saturated heterocycles. The molecule has 1 unspecified atom stereocenters. The number of phenolic OH excluding ortho intramolecular Hbond substituents is 2. The summed E-state index contributed by atoms with van der Waals surface area (Å²) in [4.78, 5) is 16.7. The lowest BCUT2D eigenvalue weighted by atomic mass is 9.51. The molecule has 5 nitrogen and oxygen atoms in total. The van der Waals surface area contributed by atoms with Gasteiger partial charge in [0.2, 0.25) is 5.91 Å². The number of hydrogen-bond donors (Lipinski definition) is 2. The first-order chi connectivity index (χ1) is 18.3. The van der Waals surface area contributed by atoms with Gasteiger partial charge in [0.1, 0.15) is 11.5 Å². The molecule has 4 aliphatic rings. The lowest BCUT2D eigenvalue weighted by Gasteiger charge is -2.55. The van der Waals surface area contributed by atoms with Gasteiger partial charge in [-0.15, -0.1) is 0 Å². The number of likely N-dealkylation sites (tertiary alicyclic amines) is 1. The third-order valence-corrected chi connectivity index (χ3v) is 11.3. The van der Waals surface area contributed by atoms with E-state index in [1.165, 1.54) is 0 Å². The van der Waals surface area contributed by atoms with Crippen molar-refractivity contribution in [2.45, 2.75) is 99.3 Å². The van der Waals surface area contributed by atoms with E-state index in [0.29, 0.717) is 30.4 Å². The molecular formula is C34H45NO4. The van der Waals surface area contributed by atoms with Crippen LogP contribution in [0, 0.1) is 55.8 Å². The van der Waals surface area contributed by atoms with Crippen LogP contribution in [0.5, 0.6) is 11.5 Å². The first-order valence-electron chi connectivity index (χ1n) is 14.8. The van der Waals surface area contributed by atoms with Crippen LogP contribution in [0.15, 0.2) is 24.3 Å². The van der Waals surface area contributed by atoms with Crippen molar-refractivity contribution >= 4 is 5.91 Å². The van der Waals surface area contributed by atoms with Gasteiger partial charge in [-0.1, -0.05) is 39.8 Å². The highest BCUT2D eigenvalue weighted by atomic mass is 16.5. The molecule has 2 aliphatic heterocycles. The molecule has 210 valence electrons. The molecule has 6 rings (SSSR count). The predicted molar refractivity (Wildman–Crippen MR) is 153 cm³/mol. The minimum absolute atomic E-state index is 0.00851. The number of aryl methyl sites for hydroxylation is 4. The van der Waals surface area contributed by atoms with Gasteiger partial charge in [0.15, 0.2) is 0 Å². The summed E-state index contributed by atoms with van der Waals surface area (Å²) in [5.41, 5.74) is 5.35. The highest BCUT2D eigenvalue weighted by Crippen LogP contribution is 2.85. The minimum atomic E-state index is -0.283. The van der Waals surface area contributed by atoms with E-state index in [9.17, 15) is 15.0 Å². The molecule has 2 saturated carbocycles. The summed E-state index contributed by atoms with van der Waals surface area (Å²) < 4.78 is 6.84. The van der Waals surface area contributed by atoms with Crippen LogP contribution in [-0.4, -0.2) is 33.7 Å². The summed E-state index contributed by atoms with van der Waals surface area (Å²) in [6.45, 7) is 17.6. The number of aromatic hydroxyl groups is 2. The third kappa shape index (κ3) is 3.32. The second kappa shape index (κ2) is 8.49. The smallest absolute Gasteiger partial charge is 0.223 e. The number of hydrogen-bond acceptors (Lipinski definition) is 4. The number of carbonyl (C=O) groups is 1. The highest BCUT2D eigenvalue weighted by Gasteiger charge is 2.83. The van der Waals surface area contributed by atoms with Crippen LogP contribution < -0.4 is 0 Å². The molecule has 5 heteroatoms. The van der Waals surface area contributed by atoms with Gasteiger partial charge >= 0.3 is 0 Å². The van der Waals surface area contributed by atoms with Gasteiger partial charge in [0.05, 0.1) is 12.1 Å². The average molecular weight is 532 g/mol. The van der Waals surface area contributed by atoms with Crippen molar-refractivity contribution in [1.82, 2.24) is 4.90 Å². The Morgan fingerprint density at radius 1 is 0.949 bits per heavy atom. The fourth-order valence-corrected chi connectivity index (χ4v) is 9.92. The number of benzene rings is 2. The van der Waals surface area contributed by atoms with Crippen LogP contribution in [-0.2, 0) is 9.53 Å². The molecule has 2 bridgehead atoms. The number of ether oxygens (including phenoxy) is 1. The SMILES string of the molecule is Cc1cc(C2N(C(=O)CC(C)C)[C@@H]3C(C)(C)[C@H]4C[C@@]35CCO[C@@H](c3cc(C)c(O)c(C)c3)[C@@]25C4)cc(C)c1O. The highest BCUT2D eigenvalue weighted by molar-refractivity contribution is 5.79. The number of nitrogens with zero attached hydrogens (tertiary/aromatic N) is 1. The molecule has 2 aliphatic carbocycles. The first-order valence-corrected chi connectivity index (χ1v) is 14.8. The number of rotatable bonds is 4. The van der Waals surface area contributed by atoms with E-state index in [1.54, 1.807) is 0 Å². The van der Waals surface area contributed by atoms with Gasteiger partial charge in [-0.05, 0) is 110 Å². The molecule has 2 aromatic rings. The third-order valence-electron chi connectivity index (χ3n) is 11.3. The van der Waals surface area contributed by atoms with Crippen LogP contribution in [0.4, 0.5) is 0 Å². The lowest BCUT2D eigenvalue weighted by Crippen LogP contribution is -2.55. The zero-order chi connectivity index (χ0) is 28.2. The van der Waals surface area contributed by atoms with Gasteiger partial charge in [0.25, 0.3) is 0 Å². The number of carbonyl (C=O) groups excluding carboxylic acids is 1. The molecule has 39 heavy (non-hydrogen) atoms. The maximum absolute atomic E-state index is 14.4. The average Bonchev–Trinajstić information content (AvgIpc) is 3.38. The van der Waals surface area contributed by atoms with E-state index in [1.807, 2.05) is 27.7 Å². The molecule has 2 N–H and O–H groups in total. The van der Waals surface area contributed by atoms with Gasteiger partial charge in [-0.2, -0.15) is 0 Å². The van der Waals surface area contributed by atoms with Crippen molar-refractivity contribution in [2.24, 2.45) is 28.1 Å². The molecular weight excluding hydrogens is 486 g/mol. The van der Waals surface area contributed by atoms with Crippen molar-refractivity contribution in [3.63, 3.8) is 0 Å². The monoisotopic (exact) mass is 531 g/mol. The Bertz CT molecular complexity index is 1310. The van der Waals surface area contributed by atoms with Crippen LogP contribution in [0.2, 0.25) is 0 Å². The first kappa shape index (κ1) is 26.7. The molecule has 4 fully saturated rings. The summed E-state index contributed by atoms with van der Waals surface area (Å²) in [7, 11) is 0. The standard InChI is InChI=1S/C34H45NO4/c1-18(2)11-26(36)35-29(23-12-19(3)27(37)20(4)13-23)34-17-25-16-33(34,31(35)32(25,7)8)9-10-39-30(34)24-14-21(5)28(38)22(6)15-24/h12-15,18,25,29-31,37-38H,9-11,16-17H2,1-8H3/t25-,29?,30-,31+,33-,34+/m0/s1. The van der Waals surface area contributed by atoms with Crippen LogP contribution >= 0.6 is 0 Å². The second-order valence-corrected chi connectivity index (χ2v) is 14.3. The Hall–Kier alpha value is -2.53. The number of fused-ring (bicyclic) bond motifs is 1. The number of phenols is 2. The zero-order valence-corrected chi connectivity index (χ0v) is 24.9. The fourth-order valence-electron chi connectivity index (χ4n) is 9.92. The summed E-state index contributed by atoms with van der Waals surface area (Å²) in [6, 6.07) is 8.45. The van der Waals surface area contributed by atoms with E-state index >= 15 is 0 Å². The van der Waals surface area contributed by atoms with Gasteiger partial charge in [0, 0.05) is 29.9 Å². The molecule has 1 amide bonds. The summed E-state index contributed by atoms with van der Waals surface area (Å²) in [5, 5.41) is 21.3. The molecule has 2 aromatic carbocycles. The summed E-state index contributed by atoms with van der Waals surface area (Å²) in [6.07, 6.45) is 3.44. The van der Waals surface area contributed by atoms with Crippen molar-refractivity contribution in [3.05, 3.63) is 57.6 Å². The van der Waals surface area contributed by atoms with E-state index in [0.717, 1.165) is 52.6 Å². The zero-order valence-electron chi connectivity index (χ0n) is 24.9. The molecule has 0 radical (unpaired) electrons. The van der Waals surface area contributed by atoms with Crippen molar-refractivity contribution in [1.29, 1.82) is 0 Å². The maximum Gasteiger partial charge on any atom is 0.223 e. The molecule has 0 aromatic heterocycles. The van der Waals surface area contributed by atoms with Gasteiger partial charge in [-0.25, -0.2) is 0 Å². The van der Waals surface area contributed by atoms with Crippen LogP contribution in [0.3, 0.4) is 0 Å². The van der Waals surface area contributed by atoms with Crippen molar-refractivity contribution in [2.75, 3.05) is 6.61 Å². The lowest BCUT2D eigenvalue weighted by molar-refractivity contribution is -0.164. The molecule has 1 spiro atoms. The maximum atomic E-state index is 14.4. The quantitative estimate of drug-likeness (QED) is 0.437. The Labute approximate surface area is 233 Å². The Morgan fingerprint density at radius 2 is 1.49 bits per heavy atom. The van der Waals surface area contributed by atoms with Crippen molar-refractivity contribution < 1.29 is 19.7 Å². The van der Waals surface area contributed by atoms with E-state index < -0.39 is 0 Å². The normalized spacial score (nSPS) is 34.1. The minimum Gasteiger partial charge on any atom is -0.507 e. The predicted octanol–water partition coefficient (Wildman–Crippen LogP) is 7.21. The Morgan fingerprint density at radius 3 is 2.03 bits per heavy atom. The van der Waals surface area contributed by atoms with Gasteiger partial charge in [-0.3, -0.25) is 4.79 Å². The fraction of sp³-hybridized carbons (Fsp3) is 0.618. The Kier molecular flexibility index (Phi) is 5.81. The van der Waals surface area contributed by atoms with Crippen LogP contribution in [0.1, 0.15) is 98.9 Å². The Balaban J connectivity index is 1.65. The van der Waals surface area contributed by atoms with E-state index in [4.69, 9.17) is 4.74 Å². The second-order valence-electron chi connectivity index (χ2n) is 14.3. The van der Waals surface area contributed by atoms with Gasteiger partial charge < -0.3 is 19.8 Å². The van der Waals surface area contributed by atoms with E-state index in [-0.39, 0.29) is 46.3 Å². The largest absolute Gasteiger partial charge is 0.507 e. The summed E-state index contributed by atoms with van der Waals surface area (Å²) >= 11 is 0. The van der Waals surface area contributed by atoms with Crippen LogP contribution in [0.25, 0.3) is 0 Å². The topological polar surface area (TPSA) is 70.0 Å². The molecule has 6 atom stereocenters. The van der Waals surface area contributed by atoms with Crippen molar-refractivity contribution in [3.8, 4) is 11.5 Å². The van der Waals surface area contributed by atoms with E-state index in [2.05, 4.69) is 56.9 Å². The number of amides is 1. The summed E-state index contributed by atoms with van der Waals surface area (Å²) in [5.74, 6) is 1.69. The molecule has 2 heterocycles.